The van der Waals surface area contributed by atoms with Gasteiger partial charge in [0.1, 0.15) is 0 Å². The van der Waals surface area contributed by atoms with E-state index >= 15 is 0 Å². The van der Waals surface area contributed by atoms with E-state index in [2.05, 4.69) is 9.47 Å². The van der Waals surface area contributed by atoms with Gasteiger partial charge in [0.15, 0.2) is 0 Å². The lowest BCUT2D eigenvalue weighted by molar-refractivity contribution is -0.331. The van der Waals surface area contributed by atoms with Crippen molar-refractivity contribution in [1.82, 2.24) is 0 Å². The van der Waals surface area contributed by atoms with Crippen molar-refractivity contribution in [3.63, 3.8) is 0 Å². The summed E-state index contributed by atoms with van der Waals surface area (Å²) in [4.78, 5) is 0. The van der Waals surface area contributed by atoms with Crippen molar-refractivity contribution in [3.05, 3.63) is 12.0 Å². The van der Waals surface area contributed by atoms with Crippen molar-refractivity contribution in [2.75, 3.05) is 0 Å². The second-order valence-corrected chi connectivity index (χ2v) is 2.23. The Labute approximate surface area is 71.9 Å². The highest BCUT2D eigenvalue weighted by Crippen LogP contribution is 2.46. The fourth-order valence-electron chi connectivity index (χ4n) is 0.645. The van der Waals surface area contributed by atoms with E-state index in [9.17, 15) is 30.7 Å². The molecular weight excluding hydrogens is 225 g/mol. The molecule has 0 radical (unpaired) electrons. The van der Waals surface area contributed by atoms with Crippen LogP contribution in [0.25, 0.3) is 0 Å². The van der Waals surface area contributed by atoms with Crippen molar-refractivity contribution < 1.29 is 40.2 Å². The molecule has 0 aromatic rings. The molecule has 0 N–H and O–H groups in total. The van der Waals surface area contributed by atoms with Crippen LogP contribution >= 0.6 is 0 Å². The predicted molar refractivity (Wildman–Crippen MR) is 26.2 cm³/mol. The molecule has 9 heteroatoms. The van der Waals surface area contributed by atoms with Crippen LogP contribution in [0.4, 0.5) is 30.7 Å². The van der Waals surface area contributed by atoms with Gasteiger partial charge in [-0.3, -0.25) is 0 Å². The molecule has 2 unspecified atom stereocenters. The van der Waals surface area contributed by atoms with E-state index in [1.807, 2.05) is 0 Å². The van der Waals surface area contributed by atoms with Crippen LogP contribution in [0, 0.1) is 0 Å². The SMILES string of the molecule is FC(F)=C1OC(F)C(F)(C(F)(F)F)O1. The highest BCUT2D eigenvalue weighted by atomic mass is 19.4. The van der Waals surface area contributed by atoms with Crippen molar-refractivity contribution in [2.24, 2.45) is 0 Å². The summed E-state index contributed by atoms with van der Waals surface area (Å²) in [7, 11) is 0. The number of halogens is 7. The van der Waals surface area contributed by atoms with Crippen LogP contribution in [0.1, 0.15) is 0 Å². The van der Waals surface area contributed by atoms with Gasteiger partial charge < -0.3 is 9.47 Å². The highest BCUT2D eigenvalue weighted by molar-refractivity contribution is 4.97. The Morgan fingerprint density at radius 1 is 1.29 bits per heavy atom. The summed E-state index contributed by atoms with van der Waals surface area (Å²) in [6.45, 7) is 0. The van der Waals surface area contributed by atoms with Crippen LogP contribution in [-0.4, -0.2) is 18.4 Å². The number of rotatable bonds is 0. The molecule has 2 nitrogen and oxygen atoms in total. The summed E-state index contributed by atoms with van der Waals surface area (Å²) in [6, 6.07) is 0. The van der Waals surface area contributed by atoms with Gasteiger partial charge in [-0.1, -0.05) is 0 Å². The Kier molecular flexibility index (Phi) is 2.28. The van der Waals surface area contributed by atoms with E-state index in [0.29, 0.717) is 0 Å². The molecule has 0 bridgehead atoms. The van der Waals surface area contributed by atoms with Crippen LogP contribution in [0.5, 0.6) is 0 Å². The molecule has 0 amide bonds. The van der Waals surface area contributed by atoms with Crippen LogP contribution in [0.15, 0.2) is 12.0 Å². The van der Waals surface area contributed by atoms with E-state index in [4.69, 9.17) is 0 Å². The first kappa shape index (κ1) is 10.9. The van der Waals surface area contributed by atoms with E-state index in [0.717, 1.165) is 0 Å². The Balaban J connectivity index is 3.01. The molecule has 0 aliphatic carbocycles. The maximum Gasteiger partial charge on any atom is 0.467 e. The minimum absolute atomic E-state index is 2.10. The monoisotopic (exact) mass is 226 g/mol. The van der Waals surface area contributed by atoms with E-state index < -0.39 is 30.4 Å². The number of ether oxygens (including phenoxy) is 2. The second-order valence-electron chi connectivity index (χ2n) is 2.23. The van der Waals surface area contributed by atoms with Crippen LogP contribution in [0.3, 0.4) is 0 Å². The minimum Gasteiger partial charge on any atom is -0.419 e. The Morgan fingerprint density at radius 3 is 2.00 bits per heavy atom. The van der Waals surface area contributed by atoms with Crippen molar-refractivity contribution in [2.45, 2.75) is 18.4 Å². The molecule has 1 rings (SSSR count). The normalized spacial score (nSPS) is 32.5. The van der Waals surface area contributed by atoms with Gasteiger partial charge in [-0.25, -0.2) is 0 Å². The molecule has 0 spiro atoms. The summed E-state index contributed by atoms with van der Waals surface area (Å²) < 4.78 is 89.5. The van der Waals surface area contributed by atoms with E-state index in [1.165, 1.54) is 0 Å². The number of hydrogen-bond donors (Lipinski definition) is 0. The maximum atomic E-state index is 12.6. The van der Waals surface area contributed by atoms with Crippen LogP contribution in [-0.2, 0) is 9.47 Å². The lowest BCUT2D eigenvalue weighted by atomic mass is 10.3. The van der Waals surface area contributed by atoms with Gasteiger partial charge in [-0.2, -0.15) is 30.7 Å². The zero-order chi connectivity index (χ0) is 11.1. The molecule has 1 aliphatic rings. The lowest BCUT2D eigenvalue weighted by Crippen LogP contribution is -2.47. The number of alkyl halides is 5. The Bertz CT molecular complexity index is 268. The quantitative estimate of drug-likeness (QED) is 0.591. The molecule has 0 aromatic carbocycles. The van der Waals surface area contributed by atoms with Crippen molar-refractivity contribution >= 4 is 0 Å². The number of hydrogen-bond acceptors (Lipinski definition) is 2. The minimum atomic E-state index is -5.80. The van der Waals surface area contributed by atoms with E-state index in [-0.39, 0.29) is 0 Å². The smallest absolute Gasteiger partial charge is 0.419 e. The van der Waals surface area contributed by atoms with E-state index in [1.54, 1.807) is 0 Å². The van der Waals surface area contributed by atoms with Gasteiger partial charge in [-0.15, -0.1) is 0 Å². The molecule has 1 heterocycles. The fourth-order valence-corrected chi connectivity index (χ4v) is 0.645. The summed E-state index contributed by atoms with van der Waals surface area (Å²) in [5.41, 5.74) is 0. The standard InChI is InChI=1S/C5HF7O2/c6-1(7)2-13-3(8)4(9,14-2)5(10,11)12/h3H. The van der Waals surface area contributed by atoms with Crippen molar-refractivity contribution in [1.29, 1.82) is 0 Å². The molecule has 0 aromatic heterocycles. The average Bonchev–Trinajstić information content (AvgIpc) is 2.28. The first-order chi connectivity index (χ1) is 6.18. The summed E-state index contributed by atoms with van der Waals surface area (Å²) in [5.74, 6) is -6.98. The fraction of sp³-hybridized carbons (Fsp3) is 0.600. The zero-order valence-corrected chi connectivity index (χ0v) is 6.04. The average molecular weight is 226 g/mol. The molecule has 0 saturated carbocycles. The Morgan fingerprint density at radius 2 is 1.79 bits per heavy atom. The molecule has 1 fully saturated rings. The molecule has 2 atom stereocenters. The summed E-state index contributed by atoms with van der Waals surface area (Å²) >= 11 is 0. The molecule has 1 saturated heterocycles. The van der Waals surface area contributed by atoms with Gasteiger partial charge in [0.25, 0.3) is 0 Å². The second kappa shape index (κ2) is 2.92. The van der Waals surface area contributed by atoms with Gasteiger partial charge in [0, 0.05) is 0 Å². The Hall–Kier alpha value is -1.15. The largest absolute Gasteiger partial charge is 0.467 e. The topological polar surface area (TPSA) is 18.5 Å². The van der Waals surface area contributed by atoms with Gasteiger partial charge in [-0.05, 0) is 0 Å². The van der Waals surface area contributed by atoms with Gasteiger partial charge in [0.05, 0.1) is 0 Å². The summed E-state index contributed by atoms with van der Waals surface area (Å²) in [6.07, 6.45) is -12.3. The third kappa shape index (κ3) is 1.46. The molecule has 14 heavy (non-hydrogen) atoms. The summed E-state index contributed by atoms with van der Waals surface area (Å²) in [5, 5.41) is 0. The third-order valence-electron chi connectivity index (χ3n) is 1.28. The van der Waals surface area contributed by atoms with Gasteiger partial charge in [0.2, 0.25) is 0 Å². The molecule has 1 aliphatic heterocycles. The van der Waals surface area contributed by atoms with Crippen LogP contribution < -0.4 is 0 Å². The van der Waals surface area contributed by atoms with Gasteiger partial charge >= 0.3 is 30.4 Å². The molecule has 82 valence electrons. The first-order valence-electron chi connectivity index (χ1n) is 2.99. The third-order valence-corrected chi connectivity index (χ3v) is 1.28. The first-order valence-corrected chi connectivity index (χ1v) is 2.99. The highest BCUT2D eigenvalue weighted by Gasteiger charge is 2.71. The molecular formula is C5HF7O2. The lowest BCUT2D eigenvalue weighted by Gasteiger charge is -2.20. The van der Waals surface area contributed by atoms with Crippen LogP contribution in [0.2, 0.25) is 0 Å². The predicted octanol–water partition coefficient (Wildman–Crippen LogP) is 2.62. The zero-order valence-electron chi connectivity index (χ0n) is 6.04. The van der Waals surface area contributed by atoms with Crippen molar-refractivity contribution in [3.8, 4) is 0 Å². The maximum absolute atomic E-state index is 12.6.